The molecule has 3 nitrogen and oxygen atoms in total. The lowest BCUT2D eigenvalue weighted by atomic mass is 10.2. The van der Waals surface area contributed by atoms with Crippen LogP contribution >= 0.6 is 0 Å². The third-order valence-electron chi connectivity index (χ3n) is 3.55. The van der Waals surface area contributed by atoms with E-state index >= 15 is 0 Å². The van der Waals surface area contributed by atoms with Crippen molar-refractivity contribution >= 4 is 5.69 Å². The number of rotatable bonds is 3. The maximum absolute atomic E-state index is 8.63. The van der Waals surface area contributed by atoms with Gasteiger partial charge in [-0.25, -0.2) is 0 Å². The fraction of sp³-hybridized carbons (Fsp3) is 0.0400. The van der Waals surface area contributed by atoms with Gasteiger partial charge in [-0.15, -0.1) is 0 Å². The molecule has 4 aromatic carbocycles. The molecule has 0 atom stereocenters. The van der Waals surface area contributed by atoms with Crippen molar-refractivity contribution in [1.82, 2.24) is 0 Å². The SMILES string of the molecule is Nc1ccccc1.Oc1ccccc1.c1ccc(COc2ccccc2)cc1. The summed E-state index contributed by atoms with van der Waals surface area (Å²) >= 11 is 0. The Labute approximate surface area is 166 Å². The number of ether oxygens (including phenoxy) is 1. The van der Waals surface area contributed by atoms with Crippen LogP contribution in [0.2, 0.25) is 0 Å². The van der Waals surface area contributed by atoms with E-state index in [4.69, 9.17) is 15.6 Å². The highest BCUT2D eigenvalue weighted by Crippen LogP contribution is 2.11. The lowest BCUT2D eigenvalue weighted by Crippen LogP contribution is -1.94. The van der Waals surface area contributed by atoms with Crippen molar-refractivity contribution in [3.63, 3.8) is 0 Å². The van der Waals surface area contributed by atoms with Crippen molar-refractivity contribution in [2.75, 3.05) is 5.73 Å². The molecule has 0 aliphatic heterocycles. The molecular formula is C25H25NO2. The molecule has 0 aromatic heterocycles. The summed E-state index contributed by atoms with van der Waals surface area (Å²) in [7, 11) is 0. The molecule has 0 unspecified atom stereocenters. The molecule has 4 aromatic rings. The number of para-hydroxylation sites is 3. The maximum atomic E-state index is 8.63. The molecule has 28 heavy (non-hydrogen) atoms. The second-order valence-electron chi connectivity index (χ2n) is 5.83. The van der Waals surface area contributed by atoms with Gasteiger partial charge in [-0.05, 0) is 42.0 Å². The van der Waals surface area contributed by atoms with Gasteiger partial charge in [0.2, 0.25) is 0 Å². The normalized spacial score (nSPS) is 9.14. The Bertz CT molecular complexity index is 790. The van der Waals surface area contributed by atoms with Crippen LogP contribution in [0.3, 0.4) is 0 Å². The minimum atomic E-state index is 0.322. The highest BCUT2D eigenvalue weighted by molar-refractivity contribution is 5.35. The highest BCUT2D eigenvalue weighted by atomic mass is 16.5. The minimum Gasteiger partial charge on any atom is -0.508 e. The second kappa shape index (κ2) is 12.6. The van der Waals surface area contributed by atoms with E-state index in [0.717, 1.165) is 11.4 Å². The van der Waals surface area contributed by atoms with Gasteiger partial charge in [0, 0.05) is 5.69 Å². The summed E-state index contributed by atoms with van der Waals surface area (Å²) in [6.07, 6.45) is 0. The Morgan fingerprint density at radius 1 is 0.571 bits per heavy atom. The molecule has 3 heteroatoms. The van der Waals surface area contributed by atoms with E-state index in [0.29, 0.717) is 12.4 Å². The van der Waals surface area contributed by atoms with E-state index in [1.807, 2.05) is 84.9 Å². The first-order chi connectivity index (χ1) is 13.7. The molecule has 4 rings (SSSR count). The molecule has 0 fully saturated rings. The van der Waals surface area contributed by atoms with E-state index < -0.39 is 0 Å². The van der Waals surface area contributed by atoms with Gasteiger partial charge in [0.05, 0.1) is 0 Å². The number of phenolic OH excluding ortho intramolecular Hbond substituents is 1. The number of phenols is 1. The first-order valence-electron chi connectivity index (χ1n) is 9.00. The fourth-order valence-corrected chi connectivity index (χ4v) is 2.14. The standard InChI is InChI=1S/C13H12O.C6H7N.C6H6O/c1-3-7-12(8-4-1)11-14-13-9-5-2-6-10-13;2*7-6-4-2-1-3-5-6/h1-10H,11H2;1-5H,7H2;1-5,7H. The van der Waals surface area contributed by atoms with Crippen molar-refractivity contribution in [3.05, 3.63) is 127 Å². The molecule has 0 aliphatic rings. The zero-order valence-corrected chi connectivity index (χ0v) is 15.7. The summed E-state index contributed by atoms with van der Waals surface area (Å²) in [6.45, 7) is 0.630. The largest absolute Gasteiger partial charge is 0.508 e. The smallest absolute Gasteiger partial charge is 0.119 e. The number of hydrogen-bond acceptors (Lipinski definition) is 3. The predicted molar refractivity (Wildman–Crippen MR) is 116 cm³/mol. The molecular weight excluding hydrogens is 346 g/mol. The Balaban J connectivity index is 0.000000168. The van der Waals surface area contributed by atoms with Crippen LogP contribution in [0.25, 0.3) is 0 Å². The highest BCUT2D eigenvalue weighted by Gasteiger charge is 1.92. The number of nitrogen functional groups attached to an aromatic ring is 1. The molecule has 142 valence electrons. The summed E-state index contributed by atoms with van der Waals surface area (Å²) in [5.41, 5.74) is 7.37. The minimum absolute atomic E-state index is 0.322. The van der Waals surface area contributed by atoms with Gasteiger partial charge in [-0.3, -0.25) is 0 Å². The van der Waals surface area contributed by atoms with Gasteiger partial charge in [-0.2, -0.15) is 0 Å². The van der Waals surface area contributed by atoms with Crippen LogP contribution in [0.1, 0.15) is 5.56 Å². The predicted octanol–water partition coefficient (Wildman–Crippen LogP) is 5.93. The third kappa shape index (κ3) is 9.11. The summed E-state index contributed by atoms with van der Waals surface area (Å²) in [4.78, 5) is 0. The molecule has 0 saturated carbocycles. The Morgan fingerprint density at radius 3 is 1.39 bits per heavy atom. The lowest BCUT2D eigenvalue weighted by Gasteiger charge is -2.05. The van der Waals surface area contributed by atoms with Gasteiger partial charge in [-0.1, -0.05) is 84.9 Å². The van der Waals surface area contributed by atoms with Gasteiger partial charge >= 0.3 is 0 Å². The van der Waals surface area contributed by atoms with Crippen LogP contribution in [0.4, 0.5) is 5.69 Å². The summed E-state index contributed by atoms with van der Waals surface area (Å²) < 4.78 is 5.59. The monoisotopic (exact) mass is 371 g/mol. The fourth-order valence-electron chi connectivity index (χ4n) is 2.14. The van der Waals surface area contributed by atoms with Crippen molar-refractivity contribution < 1.29 is 9.84 Å². The van der Waals surface area contributed by atoms with E-state index in [2.05, 4.69) is 12.1 Å². The van der Waals surface area contributed by atoms with Crippen LogP contribution in [0.15, 0.2) is 121 Å². The summed E-state index contributed by atoms with van der Waals surface area (Å²) in [5, 5.41) is 8.63. The van der Waals surface area contributed by atoms with Crippen molar-refractivity contribution in [1.29, 1.82) is 0 Å². The topological polar surface area (TPSA) is 55.5 Å². The van der Waals surface area contributed by atoms with E-state index in [-0.39, 0.29) is 0 Å². The first-order valence-corrected chi connectivity index (χ1v) is 9.00. The molecule has 0 spiro atoms. The van der Waals surface area contributed by atoms with Gasteiger partial charge in [0.15, 0.2) is 0 Å². The van der Waals surface area contributed by atoms with Crippen LogP contribution in [0, 0.1) is 0 Å². The molecule has 0 amide bonds. The van der Waals surface area contributed by atoms with Crippen LogP contribution in [-0.4, -0.2) is 5.11 Å². The molecule has 0 aliphatic carbocycles. The van der Waals surface area contributed by atoms with Crippen LogP contribution in [0.5, 0.6) is 11.5 Å². The number of aromatic hydroxyl groups is 1. The van der Waals surface area contributed by atoms with Gasteiger partial charge in [0.1, 0.15) is 18.1 Å². The van der Waals surface area contributed by atoms with Gasteiger partial charge in [0.25, 0.3) is 0 Å². The average molecular weight is 371 g/mol. The maximum Gasteiger partial charge on any atom is 0.119 e. The van der Waals surface area contributed by atoms with Crippen LogP contribution < -0.4 is 10.5 Å². The Morgan fingerprint density at radius 2 is 1.00 bits per heavy atom. The van der Waals surface area contributed by atoms with Crippen LogP contribution in [-0.2, 0) is 6.61 Å². The molecule has 0 heterocycles. The summed E-state index contributed by atoms with van der Waals surface area (Å²) in [6, 6.07) is 38.2. The lowest BCUT2D eigenvalue weighted by molar-refractivity contribution is 0.306. The third-order valence-corrected chi connectivity index (χ3v) is 3.55. The van der Waals surface area contributed by atoms with Crippen molar-refractivity contribution in [2.24, 2.45) is 0 Å². The van der Waals surface area contributed by atoms with E-state index in [9.17, 15) is 0 Å². The van der Waals surface area contributed by atoms with Gasteiger partial charge < -0.3 is 15.6 Å². The van der Waals surface area contributed by atoms with E-state index in [1.165, 1.54) is 5.56 Å². The number of hydrogen-bond donors (Lipinski definition) is 2. The first kappa shape index (κ1) is 20.6. The van der Waals surface area contributed by atoms with E-state index in [1.54, 1.807) is 24.3 Å². The zero-order valence-electron chi connectivity index (χ0n) is 15.7. The molecule has 3 N–H and O–H groups in total. The Hall–Kier alpha value is -3.72. The molecule has 0 radical (unpaired) electrons. The molecule has 0 bridgehead atoms. The average Bonchev–Trinajstić information content (AvgIpc) is 2.76. The zero-order chi connectivity index (χ0) is 19.9. The molecule has 0 saturated heterocycles. The number of nitrogens with two attached hydrogens (primary N) is 1. The second-order valence-corrected chi connectivity index (χ2v) is 5.83. The number of benzene rings is 4. The quantitative estimate of drug-likeness (QED) is 0.439. The Kier molecular flexibility index (Phi) is 9.27. The van der Waals surface area contributed by atoms with Crippen molar-refractivity contribution in [2.45, 2.75) is 6.61 Å². The van der Waals surface area contributed by atoms with Crippen molar-refractivity contribution in [3.8, 4) is 11.5 Å². The summed E-state index contributed by atoms with van der Waals surface area (Å²) in [5.74, 6) is 1.24. The number of anilines is 1.